The average Bonchev–Trinajstić information content (AvgIpc) is 2.45. The van der Waals surface area contributed by atoms with E-state index >= 15 is 0 Å². The van der Waals surface area contributed by atoms with Gasteiger partial charge < -0.3 is 4.74 Å². The summed E-state index contributed by atoms with van der Waals surface area (Å²) in [7, 11) is 1.67. The van der Waals surface area contributed by atoms with E-state index in [1.807, 2.05) is 24.3 Å². The van der Waals surface area contributed by atoms with Gasteiger partial charge in [0.1, 0.15) is 5.75 Å². The zero-order chi connectivity index (χ0) is 14.8. The Kier molecular flexibility index (Phi) is 4.39. The second-order valence-electron chi connectivity index (χ2n) is 5.98. The molecule has 2 aromatic rings. The summed E-state index contributed by atoms with van der Waals surface area (Å²) in [5, 5.41) is -0.194. The van der Waals surface area contributed by atoms with Crippen LogP contribution in [0.1, 0.15) is 42.8 Å². The van der Waals surface area contributed by atoms with Crippen molar-refractivity contribution in [3.63, 3.8) is 0 Å². The SMILES string of the molecule is COc1ccccc1C(Cl)c1ccc(C(C)(C)C)cc1. The number of para-hydroxylation sites is 1. The van der Waals surface area contributed by atoms with Crippen molar-refractivity contribution in [1.82, 2.24) is 0 Å². The summed E-state index contributed by atoms with van der Waals surface area (Å²) in [6.45, 7) is 6.63. The summed E-state index contributed by atoms with van der Waals surface area (Å²) in [5.41, 5.74) is 3.56. The van der Waals surface area contributed by atoms with Gasteiger partial charge in [-0.15, -0.1) is 11.6 Å². The molecule has 2 aromatic carbocycles. The Hall–Kier alpha value is -1.47. The van der Waals surface area contributed by atoms with E-state index in [1.165, 1.54) is 5.56 Å². The van der Waals surface area contributed by atoms with Crippen molar-refractivity contribution in [2.75, 3.05) is 7.11 Å². The van der Waals surface area contributed by atoms with Crippen LogP contribution in [0.25, 0.3) is 0 Å². The summed E-state index contributed by atoms with van der Waals surface area (Å²) in [5.74, 6) is 0.826. The Labute approximate surface area is 126 Å². The monoisotopic (exact) mass is 288 g/mol. The van der Waals surface area contributed by atoms with Crippen LogP contribution in [0.15, 0.2) is 48.5 Å². The molecule has 106 valence electrons. The summed E-state index contributed by atoms with van der Waals surface area (Å²) >= 11 is 6.60. The quantitative estimate of drug-likeness (QED) is 0.695. The molecule has 0 radical (unpaired) electrons. The molecular weight excluding hydrogens is 268 g/mol. The lowest BCUT2D eigenvalue weighted by molar-refractivity contribution is 0.410. The Morgan fingerprint density at radius 1 is 0.950 bits per heavy atom. The van der Waals surface area contributed by atoms with Crippen molar-refractivity contribution in [2.45, 2.75) is 31.6 Å². The lowest BCUT2D eigenvalue weighted by atomic mass is 9.86. The van der Waals surface area contributed by atoms with Gasteiger partial charge in [0.15, 0.2) is 0 Å². The molecule has 20 heavy (non-hydrogen) atoms. The molecule has 0 heterocycles. The van der Waals surface area contributed by atoms with E-state index in [0.717, 1.165) is 16.9 Å². The van der Waals surface area contributed by atoms with Crippen molar-refractivity contribution in [3.05, 3.63) is 65.2 Å². The molecule has 0 aliphatic rings. The first-order valence-corrected chi connectivity index (χ1v) is 7.24. The first kappa shape index (κ1) is 14.9. The van der Waals surface area contributed by atoms with E-state index in [4.69, 9.17) is 16.3 Å². The van der Waals surface area contributed by atoms with Crippen molar-refractivity contribution in [2.24, 2.45) is 0 Å². The van der Waals surface area contributed by atoms with E-state index in [1.54, 1.807) is 7.11 Å². The lowest BCUT2D eigenvalue weighted by Gasteiger charge is -2.20. The van der Waals surface area contributed by atoms with Crippen LogP contribution in [0.5, 0.6) is 5.75 Å². The predicted molar refractivity (Wildman–Crippen MR) is 85.8 cm³/mol. The number of hydrogen-bond acceptors (Lipinski definition) is 1. The van der Waals surface area contributed by atoms with Crippen LogP contribution in [0, 0.1) is 0 Å². The molecule has 0 aliphatic carbocycles. The zero-order valence-electron chi connectivity index (χ0n) is 12.5. The summed E-state index contributed by atoms with van der Waals surface area (Å²) in [6, 6.07) is 16.4. The molecule has 0 spiro atoms. The Morgan fingerprint density at radius 2 is 1.55 bits per heavy atom. The van der Waals surface area contributed by atoms with Crippen LogP contribution in [-0.2, 0) is 5.41 Å². The van der Waals surface area contributed by atoms with Gasteiger partial charge >= 0.3 is 0 Å². The van der Waals surface area contributed by atoms with Crippen molar-refractivity contribution in [3.8, 4) is 5.75 Å². The van der Waals surface area contributed by atoms with Crippen LogP contribution in [0.4, 0.5) is 0 Å². The Balaban J connectivity index is 2.32. The molecule has 1 nitrogen and oxygen atoms in total. The second kappa shape index (κ2) is 5.88. The fourth-order valence-corrected chi connectivity index (χ4v) is 2.53. The van der Waals surface area contributed by atoms with Gasteiger partial charge in [-0.25, -0.2) is 0 Å². The fraction of sp³-hybridized carbons (Fsp3) is 0.333. The van der Waals surface area contributed by atoms with Gasteiger partial charge in [0, 0.05) is 5.56 Å². The van der Waals surface area contributed by atoms with Crippen molar-refractivity contribution < 1.29 is 4.74 Å². The van der Waals surface area contributed by atoms with E-state index in [9.17, 15) is 0 Å². The largest absolute Gasteiger partial charge is 0.496 e. The first-order valence-electron chi connectivity index (χ1n) is 6.81. The lowest BCUT2D eigenvalue weighted by Crippen LogP contribution is -2.10. The predicted octanol–water partition coefficient (Wildman–Crippen LogP) is 5.32. The maximum Gasteiger partial charge on any atom is 0.123 e. The molecule has 2 heteroatoms. The number of rotatable bonds is 3. The van der Waals surface area contributed by atoms with Crippen LogP contribution in [0.2, 0.25) is 0 Å². The summed E-state index contributed by atoms with van der Waals surface area (Å²) in [6.07, 6.45) is 0. The molecule has 1 unspecified atom stereocenters. The van der Waals surface area contributed by atoms with Gasteiger partial charge in [0.25, 0.3) is 0 Å². The Morgan fingerprint density at radius 3 is 2.10 bits per heavy atom. The van der Waals surface area contributed by atoms with Crippen molar-refractivity contribution >= 4 is 11.6 Å². The molecule has 0 bridgehead atoms. The molecule has 0 fully saturated rings. The third-order valence-corrected chi connectivity index (χ3v) is 3.97. The number of benzene rings is 2. The summed E-state index contributed by atoms with van der Waals surface area (Å²) in [4.78, 5) is 0. The molecule has 0 N–H and O–H groups in total. The molecule has 0 saturated heterocycles. The minimum absolute atomic E-state index is 0.158. The van der Waals surface area contributed by atoms with Crippen LogP contribution in [-0.4, -0.2) is 7.11 Å². The van der Waals surface area contributed by atoms with E-state index in [-0.39, 0.29) is 10.8 Å². The van der Waals surface area contributed by atoms with Gasteiger partial charge in [-0.1, -0.05) is 63.2 Å². The average molecular weight is 289 g/mol. The molecule has 0 saturated carbocycles. The molecule has 1 atom stereocenters. The normalized spacial score (nSPS) is 13.1. The van der Waals surface area contributed by atoms with Gasteiger partial charge in [0.2, 0.25) is 0 Å². The number of ether oxygens (including phenoxy) is 1. The molecule has 0 aliphatic heterocycles. The third kappa shape index (κ3) is 3.16. The van der Waals surface area contributed by atoms with Gasteiger partial charge in [-0.05, 0) is 22.6 Å². The molecule has 2 rings (SSSR count). The second-order valence-corrected chi connectivity index (χ2v) is 6.41. The van der Waals surface area contributed by atoms with Crippen LogP contribution < -0.4 is 4.74 Å². The summed E-state index contributed by atoms with van der Waals surface area (Å²) < 4.78 is 5.38. The van der Waals surface area contributed by atoms with Gasteiger partial charge in [0.05, 0.1) is 12.5 Å². The topological polar surface area (TPSA) is 9.23 Å². The zero-order valence-corrected chi connectivity index (χ0v) is 13.2. The number of halogens is 1. The van der Waals surface area contributed by atoms with E-state index in [0.29, 0.717) is 0 Å². The van der Waals surface area contributed by atoms with Crippen LogP contribution in [0.3, 0.4) is 0 Å². The molecule has 0 aromatic heterocycles. The number of hydrogen-bond donors (Lipinski definition) is 0. The highest BCUT2D eigenvalue weighted by molar-refractivity contribution is 6.22. The highest BCUT2D eigenvalue weighted by atomic mass is 35.5. The Bertz CT molecular complexity index is 567. The molecule has 0 amide bonds. The third-order valence-electron chi connectivity index (χ3n) is 3.48. The van der Waals surface area contributed by atoms with E-state index < -0.39 is 0 Å². The fourth-order valence-electron chi connectivity index (χ4n) is 2.21. The standard InChI is InChI=1S/C18H21ClO/c1-18(2,3)14-11-9-13(10-12-14)17(19)15-7-5-6-8-16(15)20-4/h5-12,17H,1-4H3. The highest BCUT2D eigenvalue weighted by Gasteiger charge is 2.17. The van der Waals surface area contributed by atoms with Gasteiger partial charge in [-0.3, -0.25) is 0 Å². The number of alkyl halides is 1. The first-order chi connectivity index (χ1) is 9.43. The van der Waals surface area contributed by atoms with Gasteiger partial charge in [-0.2, -0.15) is 0 Å². The maximum absolute atomic E-state index is 6.60. The molecular formula is C18H21ClO. The smallest absolute Gasteiger partial charge is 0.123 e. The number of methoxy groups -OCH3 is 1. The van der Waals surface area contributed by atoms with E-state index in [2.05, 4.69) is 45.0 Å². The minimum Gasteiger partial charge on any atom is -0.496 e. The maximum atomic E-state index is 6.60. The minimum atomic E-state index is -0.194. The van der Waals surface area contributed by atoms with Crippen molar-refractivity contribution in [1.29, 1.82) is 0 Å². The highest BCUT2D eigenvalue weighted by Crippen LogP contribution is 2.35. The van der Waals surface area contributed by atoms with Crippen LogP contribution >= 0.6 is 11.6 Å².